The van der Waals surface area contributed by atoms with E-state index in [-0.39, 0.29) is 12.5 Å². The molecule has 0 radical (unpaired) electrons. The van der Waals surface area contributed by atoms with E-state index in [4.69, 9.17) is 4.74 Å². The lowest BCUT2D eigenvalue weighted by molar-refractivity contribution is 0.0671. The number of hydrogen-bond acceptors (Lipinski definition) is 3. The molecule has 0 fully saturated rings. The van der Waals surface area contributed by atoms with Crippen molar-refractivity contribution in [3.8, 4) is 5.75 Å². The van der Waals surface area contributed by atoms with Crippen molar-refractivity contribution in [2.75, 3.05) is 6.61 Å². The van der Waals surface area contributed by atoms with Crippen LogP contribution in [0.3, 0.4) is 0 Å². The van der Waals surface area contributed by atoms with Gasteiger partial charge in [0, 0.05) is 0 Å². The SMILES string of the molecule is O=C1NC(O)COc2ccccc21. The van der Waals surface area contributed by atoms with Crippen molar-refractivity contribution >= 4 is 5.91 Å². The highest BCUT2D eigenvalue weighted by Crippen LogP contribution is 2.19. The van der Waals surface area contributed by atoms with Gasteiger partial charge in [0.05, 0.1) is 5.56 Å². The lowest BCUT2D eigenvalue weighted by Gasteiger charge is -2.06. The lowest BCUT2D eigenvalue weighted by atomic mass is 10.2. The third kappa shape index (κ3) is 1.48. The monoisotopic (exact) mass is 179 g/mol. The molecular formula is C9H9NO3. The molecule has 2 rings (SSSR count). The van der Waals surface area contributed by atoms with Gasteiger partial charge in [0.1, 0.15) is 12.4 Å². The van der Waals surface area contributed by atoms with Crippen molar-refractivity contribution in [1.29, 1.82) is 0 Å². The molecule has 0 saturated carbocycles. The van der Waals surface area contributed by atoms with E-state index in [1.165, 1.54) is 0 Å². The molecule has 13 heavy (non-hydrogen) atoms. The number of rotatable bonds is 0. The standard InChI is InChI=1S/C9H9NO3/c11-8-5-13-7-4-2-1-3-6(7)9(12)10-8/h1-4,8,11H,5H2,(H,10,12). The van der Waals surface area contributed by atoms with E-state index < -0.39 is 6.23 Å². The summed E-state index contributed by atoms with van der Waals surface area (Å²) < 4.78 is 5.20. The van der Waals surface area contributed by atoms with Crippen molar-refractivity contribution in [3.05, 3.63) is 29.8 Å². The summed E-state index contributed by atoms with van der Waals surface area (Å²) in [6, 6.07) is 6.89. The van der Waals surface area contributed by atoms with Gasteiger partial charge in [0.2, 0.25) is 0 Å². The summed E-state index contributed by atoms with van der Waals surface area (Å²) in [6.45, 7) is 0.0861. The number of carbonyl (C=O) groups excluding carboxylic acids is 1. The molecular weight excluding hydrogens is 170 g/mol. The molecule has 1 amide bonds. The summed E-state index contributed by atoms with van der Waals surface area (Å²) >= 11 is 0. The van der Waals surface area contributed by atoms with Gasteiger partial charge in [-0.25, -0.2) is 0 Å². The molecule has 2 N–H and O–H groups in total. The molecule has 68 valence electrons. The van der Waals surface area contributed by atoms with E-state index in [0.29, 0.717) is 11.3 Å². The van der Waals surface area contributed by atoms with Crippen LogP contribution < -0.4 is 10.1 Å². The Morgan fingerprint density at radius 1 is 1.46 bits per heavy atom. The van der Waals surface area contributed by atoms with Crippen molar-refractivity contribution in [3.63, 3.8) is 0 Å². The van der Waals surface area contributed by atoms with Crippen molar-refractivity contribution in [1.82, 2.24) is 5.32 Å². The van der Waals surface area contributed by atoms with Crippen molar-refractivity contribution in [2.45, 2.75) is 6.23 Å². The van der Waals surface area contributed by atoms with Gasteiger partial charge in [-0.3, -0.25) is 4.79 Å². The minimum absolute atomic E-state index is 0.0861. The summed E-state index contributed by atoms with van der Waals surface area (Å²) in [5, 5.41) is 11.6. The van der Waals surface area contributed by atoms with Gasteiger partial charge in [-0.2, -0.15) is 0 Å². The number of hydrogen-bond donors (Lipinski definition) is 2. The Bertz CT molecular complexity index is 337. The largest absolute Gasteiger partial charge is 0.488 e. The lowest BCUT2D eigenvalue weighted by Crippen LogP contribution is -2.36. The van der Waals surface area contributed by atoms with Crippen LogP contribution >= 0.6 is 0 Å². The van der Waals surface area contributed by atoms with Gasteiger partial charge in [-0.05, 0) is 12.1 Å². The van der Waals surface area contributed by atoms with E-state index in [2.05, 4.69) is 5.32 Å². The first-order chi connectivity index (χ1) is 6.27. The number of benzene rings is 1. The van der Waals surface area contributed by atoms with Crippen LogP contribution in [0, 0.1) is 0 Å². The first-order valence-electron chi connectivity index (χ1n) is 3.98. The van der Waals surface area contributed by atoms with Gasteiger partial charge in [0.15, 0.2) is 6.23 Å². The first-order valence-corrected chi connectivity index (χ1v) is 3.98. The van der Waals surface area contributed by atoms with Crippen LogP contribution in [0.4, 0.5) is 0 Å². The minimum atomic E-state index is -0.931. The maximum Gasteiger partial charge on any atom is 0.257 e. The van der Waals surface area contributed by atoms with E-state index in [1.807, 2.05) is 0 Å². The second-order valence-corrected chi connectivity index (χ2v) is 2.80. The number of amides is 1. The normalized spacial score (nSPS) is 21.0. The van der Waals surface area contributed by atoms with Crippen LogP contribution in [0.25, 0.3) is 0 Å². The molecule has 1 unspecified atom stereocenters. The average Bonchev–Trinajstić information content (AvgIpc) is 2.27. The van der Waals surface area contributed by atoms with E-state index >= 15 is 0 Å². The minimum Gasteiger partial charge on any atom is -0.488 e. The van der Waals surface area contributed by atoms with Crippen LogP contribution in [0.5, 0.6) is 5.75 Å². The molecule has 1 aromatic rings. The topological polar surface area (TPSA) is 58.6 Å². The molecule has 0 spiro atoms. The van der Waals surface area contributed by atoms with Gasteiger partial charge in [0.25, 0.3) is 5.91 Å². The Morgan fingerprint density at radius 2 is 2.23 bits per heavy atom. The molecule has 1 aliphatic rings. The molecule has 1 aliphatic heterocycles. The summed E-state index contributed by atoms with van der Waals surface area (Å²) in [4.78, 5) is 11.4. The van der Waals surface area contributed by atoms with Crippen LogP contribution in [0.15, 0.2) is 24.3 Å². The third-order valence-electron chi connectivity index (χ3n) is 1.83. The van der Waals surface area contributed by atoms with E-state index in [0.717, 1.165) is 0 Å². The van der Waals surface area contributed by atoms with Crippen LogP contribution in [0.2, 0.25) is 0 Å². The number of carbonyl (C=O) groups is 1. The molecule has 1 aromatic carbocycles. The molecule has 1 heterocycles. The van der Waals surface area contributed by atoms with E-state index in [1.54, 1.807) is 24.3 Å². The summed E-state index contributed by atoms with van der Waals surface area (Å²) in [5.41, 5.74) is 0.457. The smallest absolute Gasteiger partial charge is 0.257 e. The van der Waals surface area contributed by atoms with Crippen LogP contribution in [-0.2, 0) is 0 Å². The number of ether oxygens (including phenoxy) is 1. The maximum absolute atomic E-state index is 11.4. The van der Waals surface area contributed by atoms with Gasteiger partial charge >= 0.3 is 0 Å². The number of para-hydroxylation sites is 1. The first kappa shape index (κ1) is 8.07. The molecule has 1 atom stereocenters. The number of fused-ring (bicyclic) bond motifs is 1. The fraction of sp³-hybridized carbons (Fsp3) is 0.222. The zero-order valence-electron chi connectivity index (χ0n) is 6.86. The Balaban J connectivity index is 2.40. The molecule has 0 aromatic heterocycles. The van der Waals surface area contributed by atoms with Crippen molar-refractivity contribution < 1.29 is 14.6 Å². The fourth-order valence-electron chi connectivity index (χ4n) is 1.22. The Kier molecular flexibility index (Phi) is 1.90. The molecule has 0 bridgehead atoms. The second-order valence-electron chi connectivity index (χ2n) is 2.80. The molecule has 4 nitrogen and oxygen atoms in total. The molecule has 0 aliphatic carbocycles. The zero-order valence-corrected chi connectivity index (χ0v) is 6.86. The van der Waals surface area contributed by atoms with Crippen LogP contribution in [0.1, 0.15) is 10.4 Å². The number of aliphatic hydroxyl groups is 1. The summed E-state index contributed by atoms with van der Waals surface area (Å²) in [7, 11) is 0. The molecule has 0 saturated heterocycles. The highest BCUT2D eigenvalue weighted by molar-refractivity contribution is 5.97. The average molecular weight is 179 g/mol. The highest BCUT2D eigenvalue weighted by atomic mass is 16.5. The fourth-order valence-corrected chi connectivity index (χ4v) is 1.22. The summed E-state index contributed by atoms with van der Waals surface area (Å²) in [6.07, 6.45) is -0.931. The van der Waals surface area contributed by atoms with E-state index in [9.17, 15) is 9.90 Å². The van der Waals surface area contributed by atoms with Gasteiger partial charge < -0.3 is 15.2 Å². The number of nitrogens with one attached hydrogen (secondary N) is 1. The predicted molar refractivity (Wildman–Crippen MR) is 45.4 cm³/mol. The van der Waals surface area contributed by atoms with Crippen molar-refractivity contribution in [2.24, 2.45) is 0 Å². The van der Waals surface area contributed by atoms with Crippen LogP contribution in [-0.4, -0.2) is 23.8 Å². The third-order valence-corrected chi connectivity index (χ3v) is 1.83. The second kappa shape index (κ2) is 3.06. The predicted octanol–water partition coefficient (Wildman–Crippen LogP) is 0.127. The highest BCUT2D eigenvalue weighted by Gasteiger charge is 2.19. The Labute approximate surface area is 75.1 Å². The Morgan fingerprint density at radius 3 is 3.08 bits per heavy atom. The molecule has 4 heteroatoms. The maximum atomic E-state index is 11.4. The summed E-state index contributed by atoms with van der Waals surface area (Å²) in [5.74, 6) is 0.206. The van der Waals surface area contributed by atoms with Gasteiger partial charge in [-0.1, -0.05) is 12.1 Å². The number of aliphatic hydroxyl groups excluding tert-OH is 1. The zero-order chi connectivity index (χ0) is 9.26. The Hall–Kier alpha value is -1.55. The van der Waals surface area contributed by atoms with Gasteiger partial charge in [-0.15, -0.1) is 0 Å². The quantitative estimate of drug-likeness (QED) is 0.595.